The molecule has 0 fully saturated rings. The fourth-order valence-corrected chi connectivity index (χ4v) is 3.90. The van der Waals surface area contributed by atoms with Crippen LogP contribution in [0.15, 0.2) is 59.5 Å². The number of sulfonamides is 1. The van der Waals surface area contributed by atoms with Crippen LogP contribution in [0.5, 0.6) is 0 Å². The highest BCUT2D eigenvalue weighted by Crippen LogP contribution is 2.16. The molecule has 0 spiro atoms. The molecule has 8 heteroatoms. The Kier molecular flexibility index (Phi) is 7.53. The summed E-state index contributed by atoms with van der Waals surface area (Å²) in [7, 11) is -3.66. The number of rotatable bonds is 7. The van der Waals surface area contributed by atoms with Crippen molar-refractivity contribution in [3.8, 4) is 0 Å². The minimum atomic E-state index is -3.66. The van der Waals surface area contributed by atoms with Gasteiger partial charge >= 0.3 is 5.97 Å². The van der Waals surface area contributed by atoms with Gasteiger partial charge < -0.3 is 10.1 Å². The summed E-state index contributed by atoms with van der Waals surface area (Å²) in [5.41, 5.74) is 1.07. The first-order chi connectivity index (χ1) is 14.0. The Morgan fingerprint density at radius 1 is 1.00 bits per heavy atom. The fourth-order valence-electron chi connectivity index (χ4n) is 2.48. The number of carbonyl (C=O) groups excluding carboxylic acids is 2. The Morgan fingerprint density at radius 2 is 1.60 bits per heavy atom. The molecule has 0 aliphatic heterocycles. The van der Waals surface area contributed by atoms with Gasteiger partial charge in [-0.2, -0.15) is 0 Å². The second-order valence-corrected chi connectivity index (χ2v) is 9.22. The van der Waals surface area contributed by atoms with Crippen molar-refractivity contribution >= 4 is 33.7 Å². The number of ether oxygens (including phenoxy) is 1. The molecule has 0 unspecified atom stereocenters. The van der Waals surface area contributed by atoms with E-state index in [0.29, 0.717) is 17.9 Å². The van der Waals surface area contributed by atoms with Crippen LogP contribution in [-0.2, 0) is 19.6 Å². The predicted octanol–water partition coefficient (Wildman–Crippen LogP) is 3.59. The molecule has 0 bridgehead atoms. The van der Waals surface area contributed by atoms with Crippen molar-refractivity contribution < 1.29 is 22.7 Å². The molecule has 7 nitrogen and oxygen atoms in total. The van der Waals surface area contributed by atoms with Crippen LogP contribution in [-0.4, -0.2) is 32.4 Å². The fraction of sp³-hybridized carbons (Fsp3) is 0.273. The zero-order chi connectivity index (χ0) is 22.4. The topological polar surface area (TPSA) is 102 Å². The van der Waals surface area contributed by atoms with Gasteiger partial charge in [0.15, 0.2) is 0 Å². The van der Waals surface area contributed by atoms with Gasteiger partial charge in [-0.25, -0.2) is 17.9 Å². The summed E-state index contributed by atoms with van der Waals surface area (Å²) in [6, 6.07) is 12.6. The van der Waals surface area contributed by atoms with Gasteiger partial charge in [0, 0.05) is 22.9 Å². The van der Waals surface area contributed by atoms with Crippen LogP contribution in [0.1, 0.15) is 43.6 Å². The van der Waals surface area contributed by atoms with E-state index in [-0.39, 0.29) is 10.8 Å². The maximum absolute atomic E-state index is 12.4. The molecule has 160 valence electrons. The summed E-state index contributed by atoms with van der Waals surface area (Å²) in [6.07, 6.45) is 2.95. The summed E-state index contributed by atoms with van der Waals surface area (Å²) in [6.45, 7) is 7.31. The lowest BCUT2D eigenvalue weighted by molar-refractivity contribution is -0.137. The highest BCUT2D eigenvalue weighted by Gasteiger charge is 2.22. The smallest absolute Gasteiger partial charge is 0.330 e. The van der Waals surface area contributed by atoms with Gasteiger partial charge in [0.05, 0.1) is 11.5 Å². The largest absolute Gasteiger partial charge is 0.463 e. The molecule has 2 aromatic carbocycles. The van der Waals surface area contributed by atoms with Crippen molar-refractivity contribution in [1.82, 2.24) is 4.72 Å². The van der Waals surface area contributed by atoms with E-state index in [1.165, 1.54) is 30.3 Å². The maximum atomic E-state index is 12.4. The van der Waals surface area contributed by atoms with E-state index in [1.54, 1.807) is 58.0 Å². The second kappa shape index (κ2) is 9.69. The summed E-state index contributed by atoms with van der Waals surface area (Å²) < 4.78 is 32.1. The number of benzene rings is 2. The number of nitrogens with one attached hydrogen (secondary N) is 2. The standard InChI is InChI=1S/C22H26N2O5S/c1-5-29-20(25)15-8-16-6-11-18(12-7-16)23-21(26)17-9-13-19(14-10-17)30(27,28)24-22(2,3)4/h6-15,24H,5H2,1-4H3,(H,23,26)/b15-8+. The van der Waals surface area contributed by atoms with Crippen LogP contribution in [0.3, 0.4) is 0 Å². The average Bonchev–Trinajstić information content (AvgIpc) is 2.66. The first kappa shape index (κ1) is 23.3. The average molecular weight is 431 g/mol. The molecule has 2 aromatic rings. The van der Waals surface area contributed by atoms with Crippen LogP contribution in [0.4, 0.5) is 5.69 Å². The van der Waals surface area contributed by atoms with Crippen molar-refractivity contribution in [2.75, 3.05) is 11.9 Å². The normalized spacial score (nSPS) is 12.0. The molecular formula is C22H26N2O5S. The summed E-state index contributed by atoms with van der Waals surface area (Å²) in [5.74, 6) is -0.782. The Bertz CT molecular complexity index is 1020. The van der Waals surface area contributed by atoms with Gasteiger partial charge in [0.1, 0.15) is 0 Å². The first-order valence-corrected chi connectivity index (χ1v) is 10.9. The Morgan fingerprint density at radius 3 is 2.13 bits per heavy atom. The second-order valence-electron chi connectivity index (χ2n) is 7.54. The lowest BCUT2D eigenvalue weighted by Gasteiger charge is -2.20. The van der Waals surface area contributed by atoms with Gasteiger partial charge in [-0.3, -0.25) is 4.79 Å². The third kappa shape index (κ3) is 7.13. The van der Waals surface area contributed by atoms with E-state index >= 15 is 0 Å². The summed E-state index contributed by atoms with van der Waals surface area (Å²) in [5, 5.41) is 2.75. The number of anilines is 1. The molecule has 1 amide bonds. The van der Waals surface area contributed by atoms with E-state index in [4.69, 9.17) is 4.74 Å². The minimum Gasteiger partial charge on any atom is -0.463 e. The third-order valence-electron chi connectivity index (χ3n) is 3.73. The number of carbonyl (C=O) groups is 2. The van der Waals surface area contributed by atoms with Gasteiger partial charge in [0.25, 0.3) is 5.91 Å². The van der Waals surface area contributed by atoms with Crippen LogP contribution < -0.4 is 10.0 Å². The van der Waals surface area contributed by atoms with Gasteiger partial charge in [0.2, 0.25) is 10.0 Å². The number of esters is 1. The highest BCUT2D eigenvalue weighted by atomic mass is 32.2. The van der Waals surface area contributed by atoms with Crippen molar-refractivity contribution in [2.24, 2.45) is 0 Å². The molecule has 0 atom stereocenters. The molecule has 0 aliphatic carbocycles. The molecular weight excluding hydrogens is 404 g/mol. The van der Waals surface area contributed by atoms with E-state index in [2.05, 4.69) is 10.0 Å². The zero-order valence-electron chi connectivity index (χ0n) is 17.4. The monoisotopic (exact) mass is 430 g/mol. The maximum Gasteiger partial charge on any atom is 0.330 e. The minimum absolute atomic E-state index is 0.0896. The molecule has 0 aliphatic rings. The van der Waals surface area contributed by atoms with E-state index < -0.39 is 21.5 Å². The molecule has 0 heterocycles. The molecule has 30 heavy (non-hydrogen) atoms. The summed E-state index contributed by atoms with van der Waals surface area (Å²) >= 11 is 0. The quantitative estimate of drug-likeness (QED) is 0.516. The van der Waals surface area contributed by atoms with Gasteiger partial charge in [-0.1, -0.05) is 12.1 Å². The molecule has 2 rings (SSSR count). The zero-order valence-corrected chi connectivity index (χ0v) is 18.2. The van der Waals surface area contributed by atoms with Crippen molar-refractivity contribution in [3.05, 3.63) is 65.7 Å². The van der Waals surface area contributed by atoms with Crippen LogP contribution in [0.2, 0.25) is 0 Å². The van der Waals surface area contributed by atoms with Crippen molar-refractivity contribution in [2.45, 2.75) is 38.1 Å². The van der Waals surface area contributed by atoms with Crippen LogP contribution >= 0.6 is 0 Å². The van der Waals surface area contributed by atoms with Crippen molar-refractivity contribution in [3.63, 3.8) is 0 Å². The van der Waals surface area contributed by atoms with Crippen molar-refractivity contribution in [1.29, 1.82) is 0 Å². The number of hydrogen-bond acceptors (Lipinski definition) is 5. The molecule has 2 N–H and O–H groups in total. The predicted molar refractivity (Wildman–Crippen MR) is 117 cm³/mol. The van der Waals surface area contributed by atoms with Crippen LogP contribution in [0, 0.1) is 0 Å². The van der Waals surface area contributed by atoms with E-state index in [1.807, 2.05) is 0 Å². The molecule has 0 radical (unpaired) electrons. The molecule has 0 saturated carbocycles. The number of hydrogen-bond donors (Lipinski definition) is 2. The summed E-state index contributed by atoms with van der Waals surface area (Å²) in [4.78, 5) is 23.8. The molecule has 0 aromatic heterocycles. The Labute approximate surface area is 177 Å². The highest BCUT2D eigenvalue weighted by molar-refractivity contribution is 7.89. The third-order valence-corrected chi connectivity index (χ3v) is 5.51. The SMILES string of the molecule is CCOC(=O)/C=C/c1ccc(NC(=O)c2ccc(S(=O)(=O)NC(C)(C)C)cc2)cc1. The lowest BCUT2D eigenvalue weighted by atomic mass is 10.1. The Hall–Kier alpha value is -2.97. The number of amides is 1. The first-order valence-electron chi connectivity index (χ1n) is 9.40. The van der Waals surface area contributed by atoms with Gasteiger partial charge in [-0.05, 0) is 75.7 Å². The van der Waals surface area contributed by atoms with Crippen LogP contribution in [0.25, 0.3) is 6.08 Å². The van der Waals surface area contributed by atoms with E-state index in [9.17, 15) is 18.0 Å². The lowest BCUT2D eigenvalue weighted by Crippen LogP contribution is -2.40. The van der Waals surface area contributed by atoms with E-state index in [0.717, 1.165) is 5.56 Å². The molecule has 0 saturated heterocycles. The Balaban J connectivity index is 2.03. The van der Waals surface area contributed by atoms with Gasteiger partial charge in [-0.15, -0.1) is 0 Å².